The summed E-state index contributed by atoms with van der Waals surface area (Å²) in [6.45, 7) is -0.826. The van der Waals surface area contributed by atoms with Crippen molar-refractivity contribution in [3.8, 4) is 17.0 Å². The van der Waals surface area contributed by atoms with E-state index >= 15 is 0 Å². The van der Waals surface area contributed by atoms with Gasteiger partial charge in [0.25, 0.3) is 0 Å². The molecule has 2 N–H and O–H groups in total. The molecule has 0 unspecified atom stereocenters. The predicted octanol–water partition coefficient (Wildman–Crippen LogP) is 2.83. The van der Waals surface area contributed by atoms with Crippen molar-refractivity contribution in [2.24, 2.45) is 7.05 Å². The number of hydrogen-bond donors (Lipinski definition) is 1. The van der Waals surface area contributed by atoms with Crippen LogP contribution in [0.5, 0.6) is 5.75 Å². The zero-order chi connectivity index (χ0) is 14.0. The molecule has 6 heteroatoms. The smallest absolute Gasteiger partial charge is 0.387 e. The van der Waals surface area contributed by atoms with Crippen LogP contribution in [0.15, 0.2) is 24.3 Å². The van der Waals surface area contributed by atoms with Crippen LogP contribution >= 0.6 is 0 Å². The summed E-state index contributed by atoms with van der Waals surface area (Å²) in [5, 5.41) is 4.34. The van der Waals surface area contributed by atoms with Crippen molar-refractivity contribution in [3.63, 3.8) is 0 Å². The van der Waals surface area contributed by atoms with E-state index in [1.807, 2.05) is 6.92 Å². The van der Waals surface area contributed by atoms with Gasteiger partial charge in [-0.25, -0.2) is 0 Å². The Kier molecular flexibility index (Phi) is 3.69. The monoisotopic (exact) mass is 267 g/mol. The number of rotatable bonds is 4. The molecule has 0 aliphatic carbocycles. The largest absolute Gasteiger partial charge is 0.435 e. The minimum atomic E-state index is -2.82. The highest BCUT2D eigenvalue weighted by Gasteiger charge is 2.14. The van der Waals surface area contributed by atoms with E-state index in [0.717, 1.165) is 23.2 Å². The summed E-state index contributed by atoms with van der Waals surface area (Å²) in [6.07, 6.45) is 0.754. The van der Waals surface area contributed by atoms with Gasteiger partial charge < -0.3 is 10.5 Å². The van der Waals surface area contributed by atoms with E-state index < -0.39 is 6.61 Å². The van der Waals surface area contributed by atoms with Crippen LogP contribution in [-0.4, -0.2) is 16.4 Å². The van der Waals surface area contributed by atoms with E-state index in [0.29, 0.717) is 5.82 Å². The SMILES string of the molecule is CCc1c(-c2ccc(OC(F)F)cc2)nn(C)c1N. The zero-order valence-corrected chi connectivity index (χ0v) is 10.7. The lowest BCUT2D eigenvalue weighted by Crippen LogP contribution is -2.01. The average Bonchev–Trinajstić information content (AvgIpc) is 2.65. The number of aromatic nitrogens is 2. The molecule has 0 amide bonds. The summed E-state index contributed by atoms with van der Waals surface area (Å²) >= 11 is 0. The topological polar surface area (TPSA) is 53.1 Å². The van der Waals surface area contributed by atoms with Crippen LogP contribution in [0.4, 0.5) is 14.6 Å². The Hall–Kier alpha value is -2.11. The molecular formula is C13H15F2N3O. The molecule has 1 aromatic heterocycles. The standard InChI is InChI=1S/C13H15F2N3O/c1-3-10-11(17-18(2)12(10)16)8-4-6-9(7-5-8)19-13(14)15/h4-7,13H,3,16H2,1-2H3. The number of aryl methyl sites for hydroxylation is 1. The Morgan fingerprint density at radius 3 is 2.47 bits per heavy atom. The predicted molar refractivity (Wildman–Crippen MR) is 69.1 cm³/mol. The Balaban J connectivity index is 2.34. The maximum absolute atomic E-state index is 12.1. The first-order valence-electron chi connectivity index (χ1n) is 5.89. The number of hydrogen-bond acceptors (Lipinski definition) is 3. The van der Waals surface area contributed by atoms with Gasteiger partial charge in [-0.15, -0.1) is 0 Å². The maximum Gasteiger partial charge on any atom is 0.387 e. The molecule has 0 aliphatic heterocycles. The lowest BCUT2D eigenvalue weighted by molar-refractivity contribution is -0.0498. The zero-order valence-electron chi connectivity index (χ0n) is 10.7. The summed E-state index contributed by atoms with van der Waals surface area (Å²) in [6, 6.07) is 6.37. The number of nitrogens with two attached hydrogens (primary N) is 1. The third kappa shape index (κ3) is 2.67. The second kappa shape index (κ2) is 5.26. The van der Waals surface area contributed by atoms with Crippen LogP contribution in [0, 0.1) is 0 Å². The molecule has 0 spiro atoms. The number of nitrogens with zero attached hydrogens (tertiary/aromatic N) is 2. The van der Waals surface area contributed by atoms with E-state index in [4.69, 9.17) is 5.73 Å². The van der Waals surface area contributed by atoms with Gasteiger partial charge in [0.2, 0.25) is 0 Å². The lowest BCUT2D eigenvalue weighted by atomic mass is 10.1. The Bertz CT molecular complexity index is 564. The summed E-state index contributed by atoms with van der Waals surface area (Å²) in [5.41, 5.74) is 8.47. The minimum absolute atomic E-state index is 0.126. The van der Waals surface area contributed by atoms with Gasteiger partial charge in [0.15, 0.2) is 0 Å². The first-order chi connectivity index (χ1) is 9.02. The van der Waals surface area contributed by atoms with Crippen molar-refractivity contribution in [3.05, 3.63) is 29.8 Å². The fourth-order valence-corrected chi connectivity index (χ4v) is 1.96. The van der Waals surface area contributed by atoms with Crippen LogP contribution in [0.25, 0.3) is 11.3 Å². The van der Waals surface area contributed by atoms with Crippen molar-refractivity contribution in [2.45, 2.75) is 20.0 Å². The van der Waals surface area contributed by atoms with Crippen LogP contribution in [0.2, 0.25) is 0 Å². The molecule has 0 saturated carbocycles. The molecule has 0 fully saturated rings. The van der Waals surface area contributed by atoms with Crippen LogP contribution < -0.4 is 10.5 Å². The van der Waals surface area contributed by atoms with E-state index in [1.54, 1.807) is 23.9 Å². The molecule has 0 aliphatic rings. The molecule has 2 aromatic rings. The van der Waals surface area contributed by atoms with Gasteiger partial charge in [-0.1, -0.05) is 6.92 Å². The van der Waals surface area contributed by atoms with E-state index in [9.17, 15) is 8.78 Å². The third-order valence-electron chi connectivity index (χ3n) is 2.90. The van der Waals surface area contributed by atoms with Gasteiger partial charge in [0.05, 0.1) is 5.69 Å². The molecule has 0 bridgehead atoms. The molecule has 4 nitrogen and oxygen atoms in total. The van der Waals surface area contributed by atoms with E-state index in [1.165, 1.54) is 12.1 Å². The van der Waals surface area contributed by atoms with Crippen LogP contribution in [-0.2, 0) is 13.5 Å². The lowest BCUT2D eigenvalue weighted by Gasteiger charge is -2.05. The van der Waals surface area contributed by atoms with E-state index in [-0.39, 0.29) is 5.75 Å². The van der Waals surface area contributed by atoms with Gasteiger partial charge in [-0.2, -0.15) is 13.9 Å². The molecule has 19 heavy (non-hydrogen) atoms. The quantitative estimate of drug-likeness (QED) is 0.926. The Morgan fingerprint density at radius 1 is 1.32 bits per heavy atom. The summed E-state index contributed by atoms with van der Waals surface area (Å²) in [7, 11) is 1.77. The summed E-state index contributed by atoms with van der Waals surface area (Å²) in [4.78, 5) is 0. The van der Waals surface area contributed by atoms with Crippen molar-refractivity contribution >= 4 is 5.82 Å². The summed E-state index contributed by atoms with van der Waals surface area (Å²) < 4.78 is 30.0. The molecular weight excluding hydrogens is 252 g/mol. The van der Waals surface area contributed by atoms with Crippen LogP contribution in [0.3, 0.4) is 0 Å². The number of alkyl halides is 2. The second-order valence-corrected chi connectivity index (χ2v) is 4.09. The van der Waals surface area contributed by atoms with Gasteiger partial charge in [0, 0.05) is 18.2 Å². The molecule has 0 radical (unpaired) electrons. The minimum Gasteiger partial charge on any atom is -0.435 e. The number of benzene rings is 1. The summed E-state index contributed by atoms with van der Waals surface area (Å²) in [5.74, 6) is 0.742. The number of ether oxygens (including phenoxy) is 1. The van der Waals surface area contributed by atoms with Crippen molar-refractivity contribution < 1.29 is 13.5 Å². The Labute approximate surface area is 109 Å². The molecule has 1 aromatic carbocycles. The highest BCUT2D eigenvalue weighted by molar-refractivity contribution is 5.68. The number of nitrogen functional groups attached to an aromatic ring is 1. The van der Waals surface area contributed by atoms with Crippen LogP contribution in [0.1, 0.15) is 12.5 Å². The fraction of sp³-hybridized carbons (Fsp3) is 0.308. The highest BCUT2D eigenvalue weighted by Crippen LogP contribution is 2.28. The molecule has 2 rings (SSSR count). The van der Waals surface area contributed by atoms with Crippen molar-refractivity contribution in [1.29, 1.82) is 0 Å². The van der Waals surface area contributed by atoms with Gasteiger partial charge in [-0.05, 0) is 30.7 Å². The highest BCUT2D eigenvalue weighted by atomic mass is 19.3. The molecule has 0 saturated heterocycles. The van der Waals surface area contributed by atoms with Crippen molar-refractivity contribution in [1.82, 2.24) is 9.78 Å². The molecule has 102 valence electrons. The first-order valence-corrected chi connectivity index (χ1v) is 5.89. The second-order valence-electron chi connectivity index (χ2n) is 4.09. The third-order valence-corrected chi connectivity index (χ3v) is 2.90. The van der Waals surface area contributed by atoms with Gasteiger partial charge in [-0.3, -0.25) is 4.68 Å². The van der Waals surface area contributed by atoms with Gasteiger partial charge in [0.1, 0.15) is 11.6 Å². The van der Waals surface area contributed by atoms with E-state index in [2.05, 4.69) is 9.84 Å². The van der Waals surface area contributed by atoms with Gasteiger partial charge >= 0.3 is 6.61 Å². The maximum atomic E-state index is 12.1. The molecule has 1 heterocycles. The molecule has 0 atom stereocenters. The Morgan fingerprint density at radius 2 is 1.95 bits per heavy atom. The van der Waals surface area contributed by atoms with Crippen molar-refractivity contribution in [2.75, 3.05) is 5.73 Å². The average molecular weight is 267 g/mol. The normalized spacial score (nSPS) is 11.0. The fourth-order valence-electron chi connectivity index (χ4n) is 1.96. The number of anilines is 1. The first kappa shape index (κ1) is 13.3. The number of halogens is 2.